The Morgan fingerprint density at radius 3 is 2.49 bits per heavy atom. The molecule has 1 aromatic heterocycles. The Kier molecular flexibility index (Phi) is 7.46. The van der Waals surface area contributed by atoms with E-state index in [-0.39, 0.29) is 33.5 Å². The highest BCUT2D eigenvalue weighted by molar-refractivity contribution is 7.91. The van der Waals surface area contributed by atoms with Crippen LogP contribution in [0.15, 0.2) is 41.3 Å². The van der Waals surface area contributed by atoms with Crippen LogP contribution in [0.1, 0.15) is 41.0 Å². The third-order valence-corrected chi connectivity index (χ3v) is 9.32. The second-order valence-electron chi connectivity index (χ2n) is 8.72. The van der Waals surface area contributed by atoms with Crippen molar-refractivity contribution in [2.45, 2.75) is 37.5 Å². The van der Waals surface area contributed by atoms with Gasteiger partial charge in [0.25, 0.3) is 5.91 Å². The van der Waals surface area contributed by atoms with Crippen LogP contribution >= 0.6 is 22.9 Å². The second kappa shape index (κ2) is 10.2. The predicted octanol–water partition coefficient (Wildman–Crippen LogP) is 4.34. The number of hydrogen-bond acceptors (Lipinski definition) is 7. The van der Waals surface area contributed by atoms with Crippen LogP contribution in [0, 0.1) is 6.92 Å². The van der Waals surface area contributed by atoms with E-state index >= 15 is 0 Å². The molecule has 1 aliphatic rings. The number of aryl methyl sites for hydroxylation is 1. The molecule has 4 rings (SSSR count). The lowest BCUT2D eigenvalue weighted by molar-refractivity contribution is -0.838. The third kappa shape index (κ3) is 5.50. The fourth-order valence-electron chi connectivity index (χ4n) is 4.37. The molecule has 1 aliphatic heterocycles. The average Bonchev–Trinajstić information content (AvgIpc) is 3.21. The molecule has 0 spiro atoms. The Bertz CT molecular complexity index is 1380. The van der Waals surface area contributed by atoms with Gasteiger partial charge in [0, 0.05) is 12.1 Å². The number of aromatic nitrogens is 1. The number of nitrogens with zero attached hydrogens (tertiary/aromatic N) is 2. The first-order valence-corrected chi connectivity index (χ1v) is 14.3. The van der Waals surface area contributed by atoms with Crippen molar-refractivity contribution in [3.05, 3.63) is 52.0 Å². The highest BCUT2D eigenvalue weighted by Gasteiger charge is 2.40. The normalized spacial score (nSPS) is 15.6. The van der Waals surface area contributed by atoms with E-state index in [1.807, 2.05) is 0 Å². The number of fused-ring (bicyclic) bond motifs is 1. The third-order valence-electron chi connectivity index (χ3n) is 6.31. The van der Waals surface area contributed by atoms with Gasteiger partial charge < -0.3 is 5.32 Å². The number of rotatable bonds is 7. The molecular formula is C24H28ClN4O4S2+. The summed E-state index contributed by atoms with van der Waals surface area (Å²) in [5.41, 5.74) is 3.83. The van der Waals surface area contributed by atoms with E-state index in [4.69, 9.17) is 11.6 Å². The molecule has 3 aromatic rings. The van der Waals surface area contributed by atoms with Crippen LogP contribution in [0.5, 0.6) is 0 Å². The van der Waals surface area contributed by atoms with Crippen molar-refractivity contribution >= 4 is 60.5 Å². The smallest absolute Gasteiger partial charge is 0.338 e. The molecule has 2 aromatic carbocycles. The lowest BCUT2D eigenvalue weighted by atomic mass is 10.1. The van der Waals surface area contributed by atoms with Gasteiger partial charge in [-0.05, 0) is 61.2 Å². The zero-order chi connectivity index (χ0) is 25.2. The summed E-state index contributed by atoms with van der Waals surface area (Å²) in [4.78, 5) is 30.7. The van der Waals surface area contributed by atoms with Gasteiger partial charge in [-0.25, -0.2) is 23.6 Å². The first-order valence-electron chi connectivity index (χ1n) is 11.4. The Hall–Kier alpha value is -2.53. The maximum atomic E-state index is 13.5. The van der Waals surface area contributed by atoms with Gasteiger partial charge in [0.15, 0.2) is 9.84 Å². The molecule has 0 radical (unpaired) electrons. The highest BCUT2D eigenvalue weighted by atomic mass is 35.5. The van der Waals surface area contributed by atoms with Crippen molar-refractivity contribution in [1.82, 2.24) is 10.3 Å². The second-order valence-corrected chi connectivity index (χ2v) is 12.3. The highest BCUT2D eigenvalue weighted by Crippen LogP contribution is 2.29. The van der Waals surface area contributed by atoms with Crippen molar-refractivity contribution in [3.8, 4) is 0 Å². The molecule has 2 amide bonds. The summed E-state index contributed by atoms with van der Waals surface area (Å²) in [5.74, 6) is -0.712. The fraction of sp³-hybridized carbons (Fsp3) is 0.375. The Labute approximate surface area is 213 Å². The first-order chi connectivity index (χ1) is 16.6. The number of likely N-dealkylation sites (tertiary alicyclic amines) is 1. The number of quaternary nitrogens is 1. The van der Waals surface area contributed by atoms with Crippen LogP contribution in [-0.4, -0.2) is 55.7 Å². The molecule has 0 aliphatic carbocycles. The maximum absolute atomic E-state index is 13.5. The molecule has 186 valence electrons. The molecule has 0 unspecified atom stereocenters. The molecule has 35 heavy (non-hydrogen) atoms. The van der Waals surface area contributed by atoms with Gasteiger partial charge in [0.2, 0.25) is 5.13 Å². The topological polar surface area (TPSA) is 105 Å². The summed E-state index contributed by atoms with van der Waals surface area (Å²) in [6.07, 6.45) is 2.56. The zero-order valence-corrected chi connectivity index (χ0v) is 22.0. The summed E-state index contributed by atoms with van der Waals surface area (Å²) in [5, 5.41) is 5.28. The van der Waals surface area contributed by atoms with Gasteiger partial charge in [-0.1, -0.05) is 35.1 Å². The molecule has 2 N–H and O–H groups in total. The van der Waals surface area contributed by atoms with Gasteiger partial charge in [0.05, 0.1) is 22.8 Å². The summed E-state index contributed by atoms with van der Waals surface area (Å²) in [7, 11) is -2.11. The van der Waals surface area contributed by atoms with E-state index in [9.17, 15) is 18.0 Å². The summed E-state index contributed by atoms with van der Waals surface area (Å²) < 4.78 is 26.1. The minimum atomic E-state index is -3.67. The Morgan fingerprint density at radius 2 is 1.77 bits per heavy atom. The SMILES string of the molecule is CNC(=O)c1sc(N[N+]2(C(=O)CCS(=O)(=O)c3ccc4cc(Cl)ccc4c3)CCCCC2)nc1C. The predicted molar refractivity (Wildman–Crippen MR) is 138 cm³/mol. The molecular weight excluding hydrogens is 508 g/mol. The number of sulfone groups is 1. The molecule has 0 bridgehead atoms. The van der Waals surface area contributed by atoms with Gasteiger partial charge >= 0.3 is 5.91 Å². The van der Waals surface area contributed by atoms with Crippen LogP contribution in [0.3, 0.4) is 0 Å². The number of halogens is 1. The number of anilines is 1. The van der Waals surface area contributed by atoms with Gasteiger partial charge in [-0.2, -0.15) is 4.59 Å². The van der Waals surface area contributed by atoms with Crippen LogP contribution in [0.2, 0.25) is 5.02 Å². The molecule has 0 saturated carbocycles. The summed E-state index contributed by atoms with van der Waals surface area (Å²) >= 11 is 7.22. The number of nitrogens with one attached hydrogen (secondary N) is 2. The van der Waals surface area contributed by atoms with E-state index in [1.165, 1.54) is 11.3 Å². The van der Waals surface area contributed by atoms with E-state index < -0.39 is 9.84 Å². The number of piperidine rings is 1. The first kappa shape index (κ1) is 25.6. The molecule has 2 heterocycles. The average molecular weight is 536 g/mol. The Balaban J connectivity index is 1.53. The number of amides is 2. The Morgan fingerprint density at radius 1 is 1.09 bits per heavy atom. The lowest BCUT2D eigenvalue weighted by Crippen LogP contribution is -2.59. The number of benzene rings is 2. The summed E-state index contributed by atoms with van der Waals surface area (Å²) in [6.45, 7) is 2.84. The molecule has 8 nitrogen and oxygen atoms in total. The van der Waals surface area contributed by atoms with Crippen LogP contribution < -0.4 is 10.7 Å². The number of carbonyl (C=O) groups is 2. The van der Waals surface area contributed by atoms with Crippen molar-refractivity contribution < 1.29 is 22.6 Å². The van der Waals surface area contributed by atoms with Crippen LogP contribution in [-0.2, 0) is 14.6 Å². The summed E-state index contributed by atoms with van der Waals surface area (Å²) in [6, 6.07) is 10.2. The van der Waals surface area contributed by atoms with Gasteiger partial charge in [-0.3, -0.25) is 4.79 Å². The van der Waals surface area contributed by atoms with E-state index in [0.717, 1.165) is 30.0 Å². The standard InChI is InChI=1S/C24H27ClN4O4S2/c1-16-22(23(31)26-2)34-24(27-16)28-29(11-4-3-5-12-29)21(30)10-13-35(32,33)20-9-7-17-14-19(25)8-6-18(17)15-20/h6-9,14-15H,3-5,10-13H2,1-2H3,(H-,26,27,28,31)/p+1. The fourth-order valence-corrected chi connectivity index (χ4v) is 6.79. The van der Waals surface area contributed by atoms with Gasteiger partial charge in [-0.15, -0.1) is 0 Å². The molecule has 1 fully saturated rings. The monoisotopic (exact) mass is 535 g/mol. The molecule has 1 saturated heterocycles. The van der Waals surface area contributed by atoms with Crippen molar-refractivity contribution in [1.29, 1.82) is 0 Å². The molecule has 0 atom stereocenters. The van der Waals surface area contributed by atoms with Crippen molar-refractivity contribution in [2.75, 3.05) is 31.3 Å². The quantitative estimate of drug-likeness (QED) is 0.436. The minimum Gasteiger partial charge on any atom is -0.354 e. The van der Waals surface area contributed by atoms with Crippen LogP contribution in [0.4, 0.5) is 5.13 Å². The minimum absolute atomic E-state index is 0.0636. The van der Waals surface area contributed by atoms with E-state index in [1.54, 1.807) is 50.4 Å². The maximum Gasteiger partial charge on any atom is 0.338 e. The largest absolute Gasteiger partial charge is 0.354 e. The van der Waals surface area contributed by atoms with Gasteiger partial charge in [0.1, 0.15) is 18.0 Å². The van der Waals surface area contributed by atoms with Crippen molar-refractivity contribution in [3.63, 3.8) is 0 Å². The van der Waals surface area contributed by atoms with E-state index in [0.29, 0.717) is 33.8 Å². The van der Waals surface area contributed by atoms with Crippen molar-refractivity contribution in [2.24, 2.45) is 0 Å². The van der Waals surface area contributed by atoms with E-state index in [2.05, 4.69) is 15.7 Å². The number of thiazole rings is 1. The number of hydrogen-bond donors (Lipinski definition) is 2. The number of carbonyl (C=O) groups excluding carboxylic acids is 2. The molecule has 11 heteroatoms. The lowest BCUT2D eigenvalue weighted by Gasteiger charge is -2.37. The zero-order valence-electron chi connectivity index (χ0n) is 19.6. The van der Waals surface area contributed by atoms with Crippen LogP contribution in [0.25, 0.3) is 10.8 Å².